The van der Waals surface area contributed by atoms with Crippen LogP contribution in [0.5, 0.6) is 0 Å². The molecular formula is C23H26N4O3S. The number of methoxy groups -OCH3 is 1. The van der Waals surface area contributed by atoms with Crippen molar-refractivity contribution in [2.24, 2.45) is 0 Å². The number of hydrogen-bond donors (Lipinski definition) is 2. The first kappa shape index (κ1) is 20.2. The van der Waals surface area contributed by atoms with Gasteiger partial charge < -0.3 is 19.9 Å². The van der Waals surface area contributed by atoms with Crippen LogP contribution in [0.3, 0.4) is 0 Å². The van der Waals surface area contributed by atoms with Crippen molar-refractivity contribution in [3.63, 3.8) is 0 Å². The highest BCUT2D eigenvalue weighted by atomic mass is 32.2. The predicted molar refractivity (Wildman–Crippen MR) is 121 cm³/mol. The van der Waals surface area contributed by atoms with Gasteiger partial charge in [0.2, 0.25) is 9.84 Å². The molecule has 162 valence electrons. The van der Waals surface area contributed by atoms with E-state index in [-0.39, 0.29) is 15.9 Å². The zero-order valence-corrected chi connectivity index (χ0v) is 18.3. The Bertz CT molecular complexity index is 1250. The largest absolute Gasteiger partial charge is 0.380 e. The van der Waals surface area contributed by atoms with Gasteiger partial charge in [0.1, 0.15) is 0 Å². The van der Waals surface area contributed by atoms with Crippen LogP contribution in [0, 0.1) is 0 Å². The molecular weight excluding hydrogens is 412 g/mol. The number of nitrogens with zero attached hydrogens (tertiary/aromatic N) is 2. The van der Waals surface area contributed by atoms with Crippen molar-refractivity contribution >= 4 is 32.1 Å². The standard InChI is InChI=1S/C23H26N4O3S/c1-30-18-8-12-27(15-18)17-3-2-4-19(13-17)31(28,29)21-7-11-25-22-20(14-26-23(21)22)16-5-9-24-10-6-16/h2-5,7,11,13-14,18,24,26H,6,8-10,12,15H2,1H3/t18-/m0/s1. The molecule has 1 aromatic carbocycles. The van der Waals surface area contributed by atoms with Crippen molar-refractivity contribution in [2.45, 2.75) is 28.7 Å². The number of fused-ring (bicyclic) bond motifs is 1. The lowest BCUT2D eigenvalue weighted by atomic mass is 10.0. The first-order chi connectivity index (χ1) is 15.1. The monoisotopic (exact) mass is 438 g/mol. The Morgan fingerprint density at radius 3 is 2.94 bits per heavy atom. The highest BCUT2D eigenvalue weighted by molar-refractivity contribution is 7.91. The maximum Gasteiger partial charge on any atom is 0.208 e. The van der Waals surface area contributed by atoms with Crippen LogP contribution < -0.4 is 10.2 Å². The number of benzene rings is 1. The van der Waals surface area contributed by atoms with E-state index in [0.717, 1.165) is 50.3 Å². The average Bonchev–Trinajstić information content (AvgIpc) is 3.47. The number of hydrogen-bond acceptors (Lipinski definition) is 6. The molecule has 8 heteroatoms. The summed E-state index contributed by atoms with van der Waals surface area (Å²) in [6.45, 7) is 3.34. The molecule has 1 atom stereocenters. The predicted octanol–water partition coefficient (Wildman–Crippen LogP) is 3.00. The zero-order chi connectivity index (χ0) is 21.4. The molecule has 7 nitrogen and oxygen atoms in total. The summed E-state index contributed by atoms with van der Waals surface area (Å²) >= 11 is 0. The Morgan fingerprint density at radius 1 is 1.26 bits per heavy atom. The molecule has 0 aliphatic carbocycles. The van der Waals surface area contributed by atoms with Gasteiger partial charge in [0.15, 0.2) is 0 Å². The van der Waals surface area contributed by atoms with E-state index in [2.05, 4.69) is 26.3 Å². The van der Waals surface area contributed by atoms with Crippen LogP contribution >= 0.6 is 0 Å². The minimum absolute atomic E-state index is 0.182. The third kappa shape index (κ3) is 3.64. The van der Waals surface area contributed by atoms with Crippen LogP contribution in [0.4, 0.5) is 5.69 Å². The third-order valence-electron chi connectivity index (χ3n) is 6.20. The van der Waals surface area contributed by atoms with Crippen LogP contribution in [0.2, 0.25) is 0 Å². The van der Waals surface area contributed by atoms with E-state index in [0.29, 0.717) is 11.0 Å². The molecule has 1 fully saturated rings. The Balaban J connectivity index is 1.54. The van der Waals surface area contributed by atoms with Crippen LogP contribution in [-0.2, 0) is 14.6 Å². The highest BCUT2D eigenvalue weighted by Gasteiger charge is 2.26. The lowest BCUT2D eigenvalue weighted by Gasteiger charge is -2.19. The zero-order valence-electron chi connectivity index (χ0n) is 17.5. The number of ether oxygens (including phenoxy) is 1. The quantitative estimate of drug-likeness (QED) is 0.637. The number of aromatic nitrogens is 2. The first-order valence-electron chi connectivity index (χ1n) is 10.6. The maximum absolute atomic E-state index is 13.6. The SMILES string of the molecule is CO[C@H]1CCN(c2cccc(S(=O)(=O)c3ccnc4c(C5=CCNCC5)c[nH]c34)c2)C1. The van der Waals surface area contributed by atoms with Gasteiger partial charge >= 0.3 is 0 Å². The van der Waals surface area contributed by atoms with E-state index in [1.54, 1.807) is 37.6 Å². The van der Waals surface area contributed by atoms with Gasteiger partial charge in [0.25, 0.3) is 0 Å². The summed E-state index contributed by atoms with van der Waals surface area (Å²) in [6.07, 6.45) is 7.62. The molecule has 3 aromatic rings. The normalized spacial score (nSPS) is 19.7. The molecule has 1 saturated heterocycles. The van der Waals surface area contributed by atoms with Crippen LogP contribution in [0.15, 0.2) is 58.6 Å². The number of aromatic amines is 1. The topological polar surface area (TPSA) is 87.3 Å². The van der Waals surface area contributed by atoms with Crippen molar-refractivity contribution in [3.05, 3.63) is 54.4 Å². The fourth-order valence-corrected chi connectivity index (χ4v) is 5.92. The van der Waals surface area contributed by atoms with Gasteiger partial charge in [0, 0.05) is 50.4 Å². The summed E-state index contributed by atoms with van der Waals surface area (Å²) < 4.78 is 32.7. The van der Waals surface area contributed by atoms with Crippen molar-refractivity contribution in [3.8, 4) is 0 Å². The summed E-state index contributed by atoms with van der Waals surface area (Å²) in [5.41, 5.74) is 4.33. The third-order valence-corrected chi connectivity index (χ3v) is 7.99. The molecule has 2 aliphatic heterocycles. The lowest BCUT2D eigenvalue weighted by molar-refractivity contribution is 0.121. The number of nitrogens with one attached hydrogen (secondary N) is 2. The summed E-state index contributed by atoms with van der Waals surface area (Å²) in [5.74, 6) is 0. The highest BCUT2D eigenvalue weighted by Crippen LogP contribution is 2.33. The molecule has 2 aliphatic rings. The van der Waals surface area contributed by atoms with E-state index in [1.165, 1.54) is 5.57 Å². The van der Waals surface area contributed by atoms with E-state index < -0.39 is 9.84 Å². The second kappa shape index (κ2) is 8.11. The molecule has 0 saturated carbocycles. The summed E-state index contributed by atoms with van der Waals surface area (Å²) in [6, 6.07) is 8.77. The van der Waals surface area contributed by atoms with Crippen molar-refractivity contribution < 1.29 is 13.2 Å². The van der Waals surface area contributed by atoms with Gasteiger partial charge in [-0.15, -0.1) is 0 Å². The smallest absolute Gasteiger partial charge is 0.208 e. The van der Waals surface area contributed by atoms with E-state index >= 15 is 0 Å². The van der Waals surface area contributed by atoms with Gasteiger partial charge in [-0.3, -0.25) is 4.98 Å². The summed E-state index contributed by atoms with van der Waals surface area (Å²) in [5, 5.41) is 3.30. The average molecular weight is 439 g/mol. The van der Waals surface area contributed by atoms with Crippen LogP contribution in [-0.4, -0.2) is 57.8 Å². The summed E-state index contributed by atoms with van der Waals surface area (Å²) in [7, 11) is -2.00. The molecule has 2 aromatic heterocycles. The van der Waals surface area contributed by atoms with Gasteiger partial charge in [-0.25, -0.2) is 8.42 Å². The molecule has 0 spiro atoms. The Morgan fingerprint density at radius 2 is 2.16 bits per heavy atom. The van der Waals surface area contributed by atoms with E-state index in [1.807, 2.05) is 12.3 Å². The van der Waals surface area contributed by atoms with Gasteiger partial charge in [-0.2, -0.15) is 0 Å². The fourth-order valence-electron chi connectivity index (χ4n) is 4.47. The number of H-pyrrole nitrogens is 1. The Hall–Kier alpha value is -2.68. The van der Waals surface area contributed by atoms with E-state index in [4.69, 9.17) is 4.74 Å². The number of rotatable bonds is 5. The first-order valence-corrected chi connectivity index (χ1v) is 12.1. The molecule has 2 N–H and O–H groups in total. The molecule has 0 unspecified atom stereocenters. The molecule has 0 amide bonds. The molecule has 0 bridgehead atoms. The van der Waals surface area contributed by atoms with Crippen LogP contribution in [0.1, 0.15) is 18.4 Å². The summed E-state index contributed by atoms with van der Waals surface area (Å²) in [4.78, 5) is 10.4. The second-order valence-corrected chi connectivity index (χ2v) is 9.93. The second-order valence-electron chi connectivity index (χ2n) is 8.01. The fraction of sp³-hybridized carbons (Fsp3) is 0.348. The number of sulfone groups is 1. The number of pyridine rings is 1. The molecule has 31 heavy (non-hydrogen) atoms. The van der Waals surface area contributed by atoms with Gasteiger partial charge in [-0.1, -0.05) is 12.1 Å². The van der Waals surface area contributed by atoms with E-state index in [9.17, 15) is 8.42 Å². The van der Waals surface area contributed by atoms with Gasteiger partial charge in [0.05, 0.1) is 26.9 Å². The molecule has 4 heterocycles. The number of anilines is 1. The van der Waals surface area contributed by atoms with Crippen molar-refractivity contribution in [1.29, 1.82) is 0 Å². The lowest BCUT2D eigenvalue weighted by Crippen LogP contribution is -2.22. The Kier molecular flexibility index (Phi) is 5.29. The van der Waals surface area contributed by atoms with Crippen molar-refractivity contribution in [2.75, 3.05) is 38.2 Å². The maximum atomic E-state index is 13.6. The van der Waals surface area contributed by atoms with Crippen LogP contribution in [0.25, 0.3) is 16.6 Å². The van der Waals surface area contributed by atoms with Crippen molar-refractivity contribution in [1.82, 2.24) is 15.3 Å². The minimum Gasteiger partial charge on any atom is -0.380 e. The molecule has 5 rings (SSSR count). The Labute approximate surface area is 182 Å². The molecule has 0 radical (unpaired) electrons. The minimum atomic E-state index is -3.72. The van der Waals surface area contributed by atoms with Gasteiger partial charge in [-0.05, 0) is 49.2 Å².